The zero-order valence-corrected chi connectivity index (χ0v) is 6.25. The van der Waals surface area contributed by atoms with E-state index in [9.17, 15) is 18.9 Å². The minimum Gasteiger partial charge on any atom is -0.391 e. The van der Waals surface area contributed by atoms with Gasteiger partial charge in [-0.1, -0.05) is 5.46 Å². The molecule has 0 aliphatic rings. The van der Waals surface area contributed by atoms with Gasteiger partial charge in [-0.05, 0) is 0 Å². The number of nitrogens with zero attached hydrogens (tertiary/aromatic N) is 1. The maximum atomic E-state index is 12.7. The lowest BCUT2D eigenvalue weighted by Gasteiger charge is -2.02. The third-order valence-corrected chi connectivity index (χ3v) is 1.45. The quantitative estimate of drug-likeness (QED) is 0.294. The van der Waals surface area contributed by atoms with E-state index < -0.39 is 33.4 Å². The minimum atomic E-state index is -1.49. The number of nitrogen functional groups attached to an aromatic ring is 1. The summed E-state index contributed by atoms with van der Waals surface area (Å²) in [6, 6.07) is 0.674. The van der Waals surface area contributed by atoms with Gasteiger partial charge in [0.05, 0.1) is 4.92 Å². The molecule has 0 bridgehead atoms. The van der Waals surface area contributed by atoms with Crippen LogP contribution in [0.1, 0.15) is 0 Å². The monoisotopic (exact) mass is 184 g/mol. The maximum Gasteiger partial charge on any atom is 0.294 e. The number of nitro groups is 1. The van der Waals surface area contributed by atoms with E-state index in [2.05, 4.69) is 0 Å². The van der Waals surface area contributed by atoms with Crippen LogP contribution >= 0.6 is 0 Å². The fourth-order valence-electron chi connectivity index (χ4n) is 0.797. The molecular weight excluding hydrogens is 181 g/mol. The van der Waals surface area contributed by atoms with Crippen molar-refractivity contribution < 1.29 is 13.7 Å². The van der Waals surface area contributed by atoms with Gasteiger partial charge >= 0.3 is 0 Å². The van der Waals surface area contributed by atoms with E-state index in [1.54, 1.807) is 0 Å². The van der Waals surface area contributed by atoms with Crippen LogP contribution in [-0.2, 0) is 0 Å². The summed E-state index contributed by atoms with van der Waals surface area (Å²) in [6.45, 7) is 0. The minimum absolute atomic E-state index is 0.640. The number of nitrogens with two attached hydrogens (primary N) is 1. The number of hydrogen-bond acceptors (Lipinski definition) is 3. The highest BCUT2D eigenvalue weighted by atomic mass is 19.2. The van der Waals surface area contributed by atoms with E-state index >= 15 is 0 Å². The molecule has 0 aliphatic carbocycles. The molecule has 1 aromatic carbocycles. The van der Waals surface area contributed by atoms with Crippen molar-refractivity contribution in [1.82, 2.24) is 0 Å². The largest absolute Gasteiger partial charge is 0.391 e. The van der Waals surface area contributed by atoms with Crippen LogP contribution in [0.2, 0.25) is 0 Å². The molecule has 1 rings (SSSR count). The van der Waals surface area contributed by atoms with E-state index in [0.717, 1.165) is 0 Å². The van der Waals surface area contributed by atoms with Crippen LogP contribution in [0.4, 0.5) is 20.2 Å². The van der Waals surface area contributed by atoms with Gasteiger partial charge in [0.1, 0.15) is 13.5 Å². The van der Waals surface area contributed by atoms with E-state index in [-0.39, 0.29) is 0 Å². The average molecular weight is 184 g/mol. The first kappa shape index (κ1) is 9.43. The predicted molar refractivity (Wildman–Crippen MR) is 42.8 cm³/mol. The standard InChI is InChI=1S/C6H3BF2N2O2/c7-2-1-3(11(12)13)6(10)5(9)4(2)8/h1H,10H2. The van der Waals surface area contributed by atoms with Crippen LogP contribution in [0.5, 0.6) is 0 Å². The number of halogens is 2. The van der Waals surface area contributed by atoms with Gasteiger partial charge < -0.3 is 5.73 Å². The Morgan fingerprint density at radius 2 is 2.00 bits per heavy atom. The Morgan fingerprint density at radius 3 is 2.46 bits per heavy atom. The average Bonchev–Trinajstić information content (AvgIpc) is 2.07. The fraction of sp³-hybridized carbons (Fsp3) is 0. The van der Waals surface area contributed by atoms with Crippen LogP contribution in [0.3, 0.4) is 0 Å². The second-order valence-electron chi connectivity index (χ2n) is 2.28. The first-order valence-corrected chi connectivity index (χ1v) is 3.12. The first-order chi connectivity index (χ1) is 5.95. The van der Waals surface area contributed by atoms with Gasteiger partial charge in [-0.25, -0.2) is 8.78 Å². The van der Waals surface area contributed by atoms with Crippen LogP contribution < -0.4 is 11.2 Å². The number of anilines is 1. The Balaban J connectivity index is 3.50. The summed E-state index contributed by atoms with van der Waals surface area (Å²) < 4.78 is 25.4. The lowest BCUT2D eigenvalue weighted by Crippen LogP contribution is -2.14. The zero-order valence-electron chi connectivity index (χ0n) is 6.25. The van der Waals surface area contributed by atoms with Crippen molar-refractivity contribution in [2.24, 2.45) is 0 Å². The molecule has 0 atom stereocenters. The summed E-state index contributed by atoms with van der Waals surface area (Å²) in [5.41, 5.74) is 2.71. The van der Waals surface area contributed by atoms with Crippen LogP contribution in [-0.4, -0.2) is 12.8 Å². The molecule has 0 saturated heterocycles. The summed E-state index contributed by atoms with van der Waals surface area (Å²) in [4.78, 5) is 9.28. The lowest BCUT2D eigenvalue weighted by atomic mass is 9.94. The van der Waals surface area contributed by atoms with E-state index in [4.69, 9.17) is 13.6 Å². The van der Waals surface area contributed by atoms with Gasteiger partial charge in [0, 0.05) is 6.07 Å². The number of nitro benzene ring substituents is 1. The Morgan fingerprint density at radius 1 is 1.46 bits per heavy atom. The van der Waals surface area contributed by atoms with E-state index in [1.165, 1.54) is 0 Å². The van der Waals surface area contributed by atoms with E-state index in [0.29, 0.717) is 6.07 Å². The summed E-state index contributed by atoms with van der Waals surface area (Å²) >= 11 is 0. The summed E-state index contributed by atoms with van der Waals surface area (Å²) in [5, 5.41) is 10.2. The fourth-order valence-corrected chi connectivity index (χ4v) is 0.797. The number of hydrogen-bond donors (Lipinski definition) is 1. The predicted octanol–water partition coefficient (Wildman–Crippen LogP) is 0.249. The molecule has 1 aromatic rings. The highest BCUT2D eigenvalue weighted by Crippen LogP contribution is 2.23. The molecule has 2 N–H and O–H groups in total. The maximum absolute atomic E-state index is 12.7. The Bertz CT molecular complexity index is 383. The topological polar surface area (TPSA) is 69.2 Å². The van der Waals surface area contributed by atoms with Gasteiger partial charge in [0.15, 0.2) is 11.6 Å². The van der Waals surface area contributed by atoms with Crippen molar-refractivity contribution in [3.63, 3.8) is 0 Å². The molecular formula is C6H3BF2N2O2. The van der Waals surface area contributed by atoms with E-state index in [1.807, 2.05) is 0 Å². The Kier molecular flexibility index (Phi) is 2.18. The zero-order chi connectivity index (χ0) is 10.2. The van der Waals surface area contributed by atoms with Crippen LogP contribution in [0, 0.1) is 21.7 Å². The summed E-state index contributed by atoms with van der Waals surface area (Å²) in [7, 11) is 4.95. The molecule has 0 unspecified atom stereocenters. The molecule has 4 nitrogen and oxygen atoms in total. The molecule has 66 valence electrons. The summed E-state index contributed by atoms with van der Waals surface area (Å²) in [5.74, 6) is -2.87. The highest BCUT2D eigenvalue weighted by Gasteiger charge is 2.20. The SMILES string of the molecule is [B]c1cc([N+](=O)[O-])c(N)c(F)c1F. The second kappa shape index (κ2) is 3.00. The van der Waals surface area contributed by atoms with Gasteiger partial charge in [-0.3, -0.25) is 10.1 Å². The molecule has 0 spiro atoms. The highest BCUT2D eigenvalue weighted by molar-refractivity contribution is 6.32. The van der Waals surface area contributed by atoms with Gasteiger partial charge in [0.25, 0.3) is 5.69 Å². The molecule has 0 amide bonds. The van der Waals surface area contributed by atoms with Crippen molar-refractivity contribution in [3.8, 4) is 0 Å². The smallest absolute Gasteiger partial charge is 0.294 e. The first-order valence-electron chi connectivity index (χ1n) is 3.12. The summed E-state index contributed by atoms with van der Waals surface area (Å²) in [6.07, 6.45) is 0. The van der Waals surface area contributed by atoms with Gasteiger partial charge in [-0.15, -0.1) is 0 Å². The third kappa shape index (κ3) is 1.44. The molecule has 0 aliphatic heterocycles. The second-order valence-corrected chi connectivity index (χ2v) is 2.28. The molecule has 7 heteroatoms. The third-order valence-electron chi connectivity index (χ3n) is 1.45. The lowest BCUT2D eigenvalue weighted by molar-refractivity contribution is -0.384. The number of benzene rings is 1. The van der Waals surface area contributed by atoms with Gasteiger partial charge in [0.2, 0.25) is 0 Å². The molecule has 0 aromatic heterocycles. The molecule has 0 heterocycles. The Hall–Kier alpha value is -1.66. The molecule has 0 saturated carbocycles. The van der Waals surface area contributed by atoms with Crippen LogP contribution in [0.25, 0.3) is 0 Å². The van der Waals surface area contributed by atoms with Crippen molar-refractivity contribution >= 4 is 24.7 Å². The normalized spacial score (nSPS) is 10.0. The Labute approximate surface area is 72.9 Å². The van der Waals surface area contributed by atoms with Crippen molar-refractivity contribution in [2.45, 2.75) is 0 Å². The van der Waals surface area contributed by atoms with Crippen molar-refractivity contribution in [1.29, 1.82) is 0 Å². The van der Waals surface area contributed by atoms with Crippen LogP contribution in [0.15, 0.2) is 6.07 Å². The molecule has 13 heavy (non-hydrogen) atoms. The van der Waals surface area contributed by atoms with Gasteiger partial charge in [-0.2, -0.15) is 0 Å². The van der Waals surface area contributed by atoms with Crippen molar-refractivity contribution in [3.05, 3.63) is 27.8 Å². The van der Waals surface area contributed by atoms with Crippen molar-refractivity contribution in [2.75, 3.05) is 5.73 Å². The number of rotatable bonds is 1. The molecule has 0 fully saturated rings. The molecule has 2 radical (unpaired) electrons.